The van der Waals surface area contributed by atoms with Crippen LogP contribution in [0.2, 0.25) is 0 Å². The fraction of sp³-hybridized carbons (Fsp3) is 0. The van der Waals surface area contributed by atoms with E-state index in [2.05, 4.69) is 200 Å². The lowest BCUT2D eigenvalue weighted by molar-refractivity contribution is 1.48. The van der Waals surface area contributed by atoms with E-state index in [9.17, 15) is 0 Å². The van der Waals surface area contributed by atoms with E-state index in [0.29, 0.717) is 0 Å². The molecule has 0 spiro atoms. The van der Waals surface area contributed by atoms with E-state index in [0.717, 1.165) is 16.1 Å². The van der Waals surface area contributed by atoms with E-state index in [1.54, 1.807) is 11.3 Å². The monoisotopic (exact) mass is 715 g/mol. The fourth-order valence-electron chi connectivity index (χ4n) is 8.24. The highest BCUT2D eigenvalue weighted by atomic mass is 32.1. The van der Waals surface area contributed by atoms with E-state index in [-0.39, 0.29) is 0 Å². The molecule has 10 aromatic carbocycles. The standard InChI is InChI=1S/C53H33NS/c1-2-11-36(12-3-1)47-30-39-14-6-7-15-40(39)31-48(47)43-25-27-46-45-26-24-41(35-18-21-37(22-19-35)53-54-51-16-8-9-17-52(51)55-53)29-44(45)33-49(50(46)32-43)42-23-20-34-10-4-5-13-38(34)28-42/h1-33H. The summed E-state index contributed by atoms with van der Waals surface area (Å²) in [4.78, 5) is 4.89. The van der Waals surface area contributed by atoms with Crippen LogP contribution in [-0.2, 0) is 0 Å². The van der Waals surface area contributed by atoms with Gasteiger partial charge >= 0.3 is 0 Å². The molecule has 0 radical (unpaired) electrons. The lowest BCUT2D eigenvalue weighted by Gasteiger charge is -2.17. The van der Waals surface area contributed by atoms with Gasteiger partial charge in [0.15, 0.2) is 0 Å². The van der Waals surface area contributed by atoms with Gasteiger partial charge in [-0.3, -0.25) is 0 Å². The van der Waals surface area contributed by atoms with Crippen molar-refractivity contribution in [2.24, 2.45) is 0 Å². The fourth-order valence-corrected chi connectivity index (χ4v) is 9.21. The van der Waals surface area contributed by atoms with Crippen LogP contribution in [0.5, 0.6) is 0 Å². The second-order valence-corrected chi connectivity index (χ2v) is 15.4. The zero-order chi connectivity index (χ0) is 36.3. The molecule has 0 amide bonds. The minimum Gasteiger partial charge on any atom is -0.236 e. The summed E-state index contributed by atoms with van der Waals surface area (Å²) in [5, 5.41) is 11.0. The third-order valence-electron chi connectivity index (χ3n) is 11.1. The maximum atomic E-state index is 4.89. The Hall–Kier alpha value is -6.87. The lowest BCUT2D eigenvalue weighted by Crippen LogP contribution is -1.90. The highest BCUT2D eigenvalue weighted by Crippen LogP contribution is 2.42. The predicted molar refractivity (Wildman–Crippen MR) is 237 cm³/mol. The molecule has 11 rings (SSSR count). The first-order valence-corrected chi connectivity index (χ1v) is 19.6. The summed E-state index contributed by atoms with van der Waals surface area (Å²) in [6.45, 7) is 0. The Balaban J connectivity index is 1.09. The van der Waals surface area contributed by atoms with Gasteiger partial charge in [-0.15, -0.1) is 11.3 Å². The smallest absolute Gasteiger partial charge is 0.124 e. The summed E-state index contributed by atoms with van der Waals surface area (Å²) in [7, 11) is 0. The number of fused-ring (bicyclic) bond motifs is 6. The molecule has 0 saturated carbocycles. The van der Waals surface area contributed by atoms with Gasteiger partial charge in [0.05, 0.1) is 10.2 Å². The predicted octanol–water partition coefficient (Wildman–Crippen LogP) is 15.2. The van der Waals surface area contributed by atoms with Crippen molar-refractivity contribution < 1.29 is 0 Å². The maximum absolute atomic E-state index is 4.89. The van der Waals surface area contributed by atoms with Gasteiger partial charge in [0.2, 0.25) is 0 Å². The molecular weight excluding hydrogens is 683 g/mol. The average Bonchev–Trinajstić information content (AvgIpc) is 3.70. The number of rotatable bonds is 5. The van der Waals surface area contributed by atoms with Gasteiger partial charge in [-0.2, -0.15) is 0 Å². The number of aromatic nitrogens is 1. The van der Waals surface area contributed by atoms with Gasteiger partial charge < -0.3 is 0 Å². The van der Waals surface area contributed by atoms with Crippen molar-refractivity contribution in [1.29, 1.82) is 0 Å². The first kappa shape index (κ1) is 31.6. The summed E-state index contributed by atoms with van der Waals surface area (Å²) in [5.41, 5.74) is 12.0. The van der Waals surface area contributed by atoms with Crippen LogP contribution in [0.1, 0.15) is 0 Å². The largest absolute Gasteiger partial charge is 0.236 e. The molecule has 0 aliphatic rings. The Kier molecular flexibility index (Phi) is 7.43. The Morgan fingerprint density at radius 1 is 0.291 bits per heavy atom. The normalized spacial score (nSPS) is 11.6. The maximum Gasteiger partial charge on any atom is 0.124 e. The second kappa shape index (κ2) is 12.9. The van der Waals surface area contributed by atoms with Crippen LogP contribution in [-0.4, -0.2) is 4.98 Å². The Morgan fingerprint density at radius 2 is 0.836 bits per heavy atom. The minimum absolute atomic E-state index is 1.05. The highest BCUT2D eigenvalue weighted by Gasteiger charge is 2.15. The van der Waals surface area contributed by atoms with Crippen LogP contribution in [0.25, 0.3) is 108 Å². The number of nitrogens with zero attached hydrogens (tertiary/aromatic N) is 1. The van der Waals surface area contributed by atoms with Crippen LogP contribution in [0, 0.1) is 0 Å². The third-order valence-corrected chi connectivity index (χ3v) is 12.1. The number of hydrogen-bond acceptors (Lipinski definition) is 2. The zero-order valence-corrected chi connectivity index (χ0v) is 30.7. The van der Waals surface area contributed by atoms with E-state index in [1.807, 2.05) is 0 Å². The van der Waals surface area contributed by atoms with Gasteiger partial charge in [-0.1, -0.05) is 152 Å². The summed E-state index contributed by atoms with van der Waals surface area (Å²) in [6, 6.07) is 73.3. The van der Waals surface area contributed by atoms with E-state index < -0.39 is 0 Å². The molecule has 55 heavy (non-hydrogen) atoms. The van der Waals surface area contributed by atoms with Crippen LogP contribution >= 0.6 is 11.3 Å². The number of benzene rings is 10. The first-order chi connectivity index (χ1) is 27.2. The van der Waals surface area contributed by atoms with Crippen molar-refractivity contribution in [2.75, 3.05) is 0 Å². The van der Waals surface area contributed by atoms with Crippen LogP contribution in [0.3, 0.4) is 0 Å². The third kappa shape index (κ3) is 5.58. The molecule has 11 aromatic rings. The van der Waals surface area contributed by atoms with Crippen molar-refractivity contribution in [1.82, 2.24) is 4.98 Å². The average molecular weight is 716 g/mol. The molecule has 1 nitrogen and oxygen atoms in total. The number of para-hydroxylation sites is 1. The van der Waals surface area contributed by atoms with Gasteiger partial charge in [-0.25, -0.2) is 4.98 Å². The van der Waals surface area contributed by atoms with Crippen molar-refractivity contribution in [3.8, 4) is 55.1 Å². The molecule has 0 fully saturated rings. The minimum atomic E-state index is 1.05. The molecular formula is C53H33NS. The molecule has 0 unspecified atom stereocenters. The first-order valence-electron chi connectivity index (χ1n) is 18.8. The highest BCUT2D eigenvalue weighted by molar-refractivity contribution is 7.21. The summed E-state index contributed by atoms with van der Waals surface area (Å²) in [6.07, 6.45) is 0. The van der Waals surface area contributed by atoms with E-state index in [4.69, 9.17) is 4.98 Å². The Morgan fingerprint density at radius 3 is 1.62 bits per heavy atom. The van der Waals surface area contributed by atoms with Crippen molar-refractivity contribution >= 4 is 64.6 Å². The summed E-state index contributed by atoms with van der Waals surface area (Å²) >= 11 is 1.74. The molecule has 1 heterocycles. The molecule has 0 atom stereocenters. The Bertz CT molecular complexity index is 3210. The van der Waals surface area contributed by atoms with Gasteiger partial charge in [0.1, 0.15) is 5.01 Å². The molecule has 0 aliphatic carbocycles. The van der Waals surface area contributed by atoms with E-state index in [1.165, 1.54) is 92.3 Å². The second-order valence-electron chi connectivity index (χ2n) is 14.4. The van der Waals surface area contributed by atoms with Crippen molar-refractivity contribution in [3.05, 3.63) is 200 Å². The summed E-state index contributed by atoms with van der Waals surface area (Å²) in [5.74, 6) is 0. The molecule has 256 valence electrons. The lowest BCUT2D eigenvalue weighted by atomic mass is 9.87. The molecule has 2 heteroatoms. The molecule has 0 N–H and O–H groups in total. The molecule has 0 saturated heterocycles. The van der Waals surface area contributed by atoms with Crippen LogP contribution in [0.4, 0.5) is 0 Å². The van der Waals surface area contributed by atoms with Gasteiger partial charge in [0, 0.05) is 5.56 Å². The summed E-state index contributed by atoms with van der Waals surface area (Å²) < 4.78 is 1.21. The number of hydrogen-bond donors (Lipinski definition) is 0. The zero-order valence-electron chi connectivity index (χ0n) is 29.9. The molecule has 0 aliphatic heterocycles. The molecule has 1 aromatic heterocycles. The number of thiazole rings is 1. The van der Waals surface area contributed by atoms with Gasteiger partial charge in [-0.05, 0) is 136 Å². The molecule has 0 bridgehead atoms. The van der Waals surface area contributed by atoms with E-state index >= 15 is 0 Å². The quantitative estimate of drug-likeness (QED) is 0.162. The van der Waals surface area contributed by atoms with Crippen molar-refractivity contribution in [3.63, 3.8) is 0 Å². The van der Waals surface area contributed by atoms with Crippen molar-refractivity contribution in [2.45, 2.75) is 0 Å². The Labute approximate surface area is 323 Å². The van der Waals surface area contributed by atoms with Gasteiger partial charge in [0.25, 0.3) is 0 Å². The van der Waals surface area contributed by atoms with Crippen LogP contribution < -0.4 is 0 Å². The SMILES string of the molecule is c1ccc(-c2cc3ccccc3cc2-c2ccc3c(c2)c(-c2ccc4ccccc4c2)cc2cc(-c4ccc(-c5nc6ccccc6s5)cc4)ccc23)cc1. The van der Waals surface area contributed by atoms with Crippen LogP contribution in [0.15, 0.2) is 200 Å². The topological polar surface area (TPSA) is 12.9 Å².